The van der Waals surface area contributed by atoms with E-state index in [1.165, 1.54) is 0 Å². The van der Waals surface area contributed by atoms with Gasteiger partial charge in [0.15, 0.2) is 0 Å². The molecular formula is C26H32F2N6O3. The summed E-state index contributed by atoms with van der Waals surface area (Å²) in [6, 6.07) is 0.217. The van der Waals surface area contributed by atoms with Gasteiger partial charge >= 0.3 is 6.03 Å². The van der Waals surface area contributed by atoms with E-state index in [2.05, 4.69) is 15.3 Å². The molecule has 3 aromatic heterocycles. The fourth-order valence-corrected chi connectivity index (χ4v) is 4.42. The Kier molecular flexibility index (Phi) is 7.89. The van der Waals surface area contributed by atoms with Crippen molar-refractivity contribution in [3.05, 3.63) is 48.7 Å². The zero-order chi connectivity index (χ0) is 26.6. The third kappa shape index (κ3) is 6.15. The van der Waals surface area contributed by atoms with E-state index in [4.69, 9.17) is 14.5 Å². The number of carbonyl (C=O) groups is 1. The SMILES string of the molecule is CCN1C(=O)NC(CC(C)(F)F)C/C=C/CCOc2nc(cn3ccnc23)-c2cc(ncc2OC)[C@H]1C. The summed E-state index contributed by atoms with van der Waals surface area (Å²) in [6.45, 7) is 5.22. The predicted molar refractivity (Wildman–Crippen MR) is 135 cm³/mol. The Bertz CT molecular complexity index is 1270. The number of nitrogens with zero attached hydrogens (tertiary/aromatic N) is 5. The zero-order valence-electron chi connectivity index (χ0n) is 21.4. The molecule has 0 aliphatic carbocycles. The number of hydrogen-bond donors (Lipinski definition) is 1. The highest BCUT2D eigenvalue weighted by Gasteiger charge is 2.30. The normalized spacial score (nSPS) is 20.2. The van der Waals surface area contributed by atoms with Gasteiger partial charge in [0.05, 0.1) is 37.3 Å². The van der Waals surface area contributed by atoms with Crippen molar-refractivity contribution in [3.8, 4) is 22.9 Å². The van der Waals surface area contributed by atoms with Crippen molar-refractivity contribution < 1.29 is 23.0 Å². The minimum Gasteiger partial charge on any atom is -0.494 e. The average Bonchev–Trinajstić information content (AvgIpc) is 3.33. The van der Waals surface area contributed by atoms with Gasteiger partial charge in [-0.25, -0.2) is 23.5 Å². The maximum Gasteiger partial charge on any atom is 0.318 e. The predicted octanol–water partition coefficient (Wildman–Crippen LogP) is 5.04. The molecule has 0 radical (unpaired) electrons. The molecule has 0 fully saturated rings. The van der Waals surface area contributed by atoms with Crippen molar-refractivity contribution >= 4 is 11.7 Å². The van der Waals surface area contributed by atoms with Crippen molar-refractivity contribution in [2.24, 2.45) is 0 Å². The Morgan fingerprint density at radius 1 is 1.30 bits per heavy atom. The van der Waals surface area contributed by atoms with Crippen LogP contribution in [0.25, 0.3) is 16.9 Å². The summed E-state index contributed by atoms with van der Waals surface area (Å²) in [6.07, 6.45) is 10.9. The first-order chi connectivity index (χ1) is 17.7. The van der Waals surface area contributed by atoms with Crippen molar-refractivity contribution in [2.45, 2.75) is 58.0 Å². The number of rotatable bonds is 4. The maximum absolute atomic E-state index is 13.9. The Morgan fingerprint density at radius 3 is 2.84 bits per heavy atom. The van der Waals surface area contributed by atoms with Gasteiger partial charge < -0.3 is 24.1 Å². The van der Waals surface area contributed by atoms with Gasteiger partial charge in [-0.1, -0.05) is 12.2 Å². The Morgan fingerprint density at radius 2 is 2.11 bits per heavy atom. The Labute approximate surface area is 214 Å². The molecule has 0 aromatic carbocycles. The first-order valence-electron chi connectivity index (χ1n) is 12.3. The number of fused-ring (bicyclic) bond motifs is 7. The molecule has 11 heteroatoms. The van der Waals surface area contributed by atoms with Crippen LogP contribution in [0.2, 0.25) is 0 Å². The van der Waals surface area contributed by atoms with Crippen LogP contribution in [-0.2, 0) is 0 Å². The number of imidazole rings is 1. The van der Waals surface area contributed by atoms with Crippen LogP contribution in [0.4, 0.5) is 13.6 Å². The number of hydrogen-bond acceptors (Lipinski definition) is 6. The molecule has 4 bridgehead atoms. The summed E-state index contributed by atoms with van der Waals surface area (Å²) < 4.78 is 41.1. The maximum atomic E-state index is 13.9. The fraction of sp³-hybridized carbons (Fsp3) is 0.462. The van der Waals surface area contributed by atoms with Gasteiger partial charge in [0.1, 0.15) is 5.75 Å². The lowest BCUT2D eigenvalue weighted by Crippen LogP contribution is -2.47. The number of nitrogens with one attached hydrogen (secondary N) is 1. The summed E-state index contributed by atoms with van der Waals surface area (Å²) in [5.74, 6) is -2.05. The molecule has 1 N–H and O–H groups in total. The molecule has 1 aliphatic heterocycles. The molecule has 4 rings (SSSR count). The van der Waals surface area contributed by atoms with Crippen LogP contribution in [0, 0.1) is 0 Å². The van der Waals surface area contributed by atoms with Gasteiger partial charge in [0.25, 0.3) is 5.88 Å². The molecule has 0 saturated heterocycles. The van der Waals surface area contributed by atoms with E-state index in [9.17, 15) is 13.6 Å². The minimum atomic E-state index is -2.92. The highest BCUT2D eigenvalue weighted by Crippen LogP contribution is 2.33. The van der Waals surface area contributed by atoms with Crippen molar-refractivity contribution in [1.29, 1.82) is 0 Å². The third-order valence-electron chi connectivity index (χ3n) is 6.27. The molecule has 2 amide bonds. The smallest absolute Gasteiger partial charge is 0.318 e. The van der Waals surface area contributed by atoms with Crippen LogP contribution in [0.5, 0.6) is 11.6 Å². The molecule has 1 unspecified atom stereocenters. The Balaban J connectivity index is 1.79. The van der Waals surface area contributed by atoms with E-state index in [0.29, 0.717) is 53.8 Å². The fourth-order valence-electron chi connectivity index (χ4n) is 4.42. The summed E-state index contributed by atoms with van der Waals surface area (Å²) in [5, 5.41) is 2.80. The number of carbonyl (C=O) groups excluding carboxylic acids is 1. The van der Waals surface area contributed by atoms with Crippen molar-refractivity contribution in [2.75, 3.05) is 20.3 Å². The van der Waals surface area contributed by atoms with E-state index in [1.54, 1.807) is 36.7 Å². The van der Waals surface area contributed by atoms with Gasteiger partial charge in [-0.05, 0) is 39.7 Å². The van der Waals surface area contributed by atoms with Gasteiger partial charge in [-0.3, -0.25) is 4.98 Å². The molecule has 198 valence electrons. The summed E-state index contributed by atoms with van der Waals surface area (Å²) in [5.41, 5.74) is 2.43. The highest BCUT2D eigenvalue weighted by atomic mass is 19.3. The molecule has 9 nitrogen and oxygen atoms in total. The summed E-state index contributed by atoms with van der Waals surface area (Å²) in [7, 11) is 1.55. The number of halogens is 2. The van der Waals surface area contributed by atoms with Crippen LogP contribution in [0.1, 0.15) is 51.8 Å². The second-order valence-corrected chi connectivity index (χ2v) is 9.13. The van der Waals surface area contributed by atoms with E-state index in [0.717, 1.165) is 6.92 Å². The van der Waals surface area contributed by atoms with E-state index in [1.807, 2.05) is 36.6 Å². The number of amides is 2. The first kappa shape index (κ1) is 26.3. The van der Waals surface area contributed by atoms with Crippen LogP contribution in [0.15, 0.2) is 43.0 Å². The molecule has 0 spiro atoms. The van der Waals surface area contributed by atoms with E-state index < -0.39 is 30.5 Å². The number of urea groups is 1. The van der Waals surface area contributed by atoms with Crippen molar-refractivity contribution in [1.82, 2.24) is 29.6 Å². The number of ether oxygens (including phenoxy) is 2. The summed E-state index contributed by atoms with van der Waals surface area (Å²) >= 11 is 0. The van der Waals surface area contributed by atoms with Gasteiger partial charge in [-0.2, -0.15) is 0 Å². The lowest BCUT2D eigenvalue weighted by molar-refractivity contribution is 0.00362. The van der Waals surface area contributed by atoms with Gasteiger partial charge in [0, 0.05) is 43.2 Å². The van der Waals surface area contributed by atoms with E-state index >= 15 is 0 Å². The second-order valence-electron chi connectivity index (χ2n) is 9.13. The zero-order valence-corrected chi connectivity index (χ0v) is 21.4. The van der Waals surface area contributed by atoms with E-state index in [-0.39, 0.29) is 6.42 Å². The lowest BCUT2D eigenvalue weighted by Gasteiger charge is -2.31. The first-order valence-corrected chi connectivity index (χ1v) is 12.3. The molecule has 2 atom stereocenters. The van der Waals surface area contributed by atoms with Crippen LogP contribution in [-0.4, -0.2) is 62.5 Å². The van der Waals surface area contributed by atoms with Crippen LogP contribution < -0.4 is 14.8 Å². The minimum absolute atomic E-state index is 0.268. The molecular weight excluding hydrogens is 482 g/mol. The highest BCUT2D eigenvalue weighted by molar-refractivity contribution is 5.75. The summed E-state index contributed by atoms with van der Waals surface area (Å²) in [4.78, 5) is 28.4. The number of aromatic nitrogens is 4. The second kappa shape index (κ2) is 11.1. The number of pyridine rings is 1. The topological polar surface area (TPSA) is 93.9 Å². The van der Waals surface area contributed by atoms with Crippen LogP contribution >= 0.6 is 0 Å². The number of methoxy groups -OCH3 is 1. The number of alkyl halides is 2. The van der Waals surface area contributed by atoms with Crippen LogP contribution in [0.3, 0.4) is 0 Å². The molecule has 37 heavy (non-hydrogen) atoms. The molecule has 3 aromatic rings. The lowest BCUT2D eigenvalue weighted by atomic mass is 10.1. The average molecular weight is 515 g/mol. The van der Waals surface area contributed by atoms with Gasteiger partial charge in [0.2, 0.25) is 11.6 Å². The molecule has 1 aliphatic rings. The largest absolute Gasteiger partial charge is 0.494 e. The van der Waals surface area contributed by atoms with Crippen molar-refractivity contribution in [3.63, 3.8) is 0 Å². The van der Waals surface area contributed by atoms with Gasteiger partial charge in [-0.15, -0.1) is 0 Å². The monoisotopic (exact) mass is 514 g/mol. The Hall–Kier alpha value is -3.76. The standard InChI is InChI=1S/C26H32F2N6O3/c1-5-34-17(2)20-13-19(22(36-4)15-30-20)21-16-33-11-10-29-23(33)24(32-21)37-12-8-6-7-9-18(31-25(34)35)14-26(3,27)28/h6-7,10-11,13,15-18H,5,8-9,12,14H2,1-4H3,(H,31,35)/b7-6+/t17-,18?/m1/s1. The molecule has 0 saturated carbocycles. The third-order valence-corrected chi connectivity index (χ3v) is 6.27. The quantitative estimate of drug-likeness (QED) is 0.491. The molecule has 4 heterocycles.